The molecule has 6 heteroatoms. The first kappa shape index (κ1) is 16.0. The number of ether oxygens (including phenoxy) is 1. The number of nitrogens with one attached hydrogen (secondary N) is 1. The highest BCUT2D eigenvalue weighted by Crippen LogP contribution is 2.34. The lowest BCUT2D eigenvalue weighted by Gasteiger charge is -2.21. The molecule has 2 rings (SSSR count). The molecule has 0 amide bonds. The van der Waals surface area contributed by atoms with Gasteiger partial charge in [-0.05, 0) is 49.6 Å². The average Bonchev–Trinajstić information content (AvgIpc) is 2.40. The Labute approximate surface area is 140 Å². The van der Waals surface area contributed by atoms with Crippen LogP contribution < -0.4 is 10.1 Å². The van der Waals surface area contributed by atoms with Crippen LogP contribution in [0.2, 0.25) is 0 Å². The van der Waals surface area contributed by atoms with Crippen LogP contribution in [0.25, 0.3) is 0 Å². The number of rotatable bonds is 5. The van der Waals surface area contributed by atoms with E-state index in [2.05, 4.69) is 72.8 Å². The quantitative estimate of drug-likeness (QED) is 0.762. The minimum atomic E-state index is 0.754. The van der Waals surface area contributed by atoms with Crippen molar-refractivity contribution in [2.45, 2.75) is 11.8 Å². The van der Waals surface area contributed by atoms with Crippen LogP contribution in [0, 0.1) is 0 Å². The van der Waals surface area contributed by atoms with Gasteiger partial charge in [0, 0.05) is 35.6 Å². The molecule has 1 aromatic carbocycles. The fraction of sp³-hybridized carbons (Fsp3) is 0.538. The Kier molecular flexibility index (Phi) is 6.89. The molecule has 106 valence electrons. The Morgan fingerprint density at radius 2 is 2.05 bits per heavy atom. The Hall–Kier alpha value is 0.640. The fourth-order valence-corrected chi connectivity index (χ4v) is 6.19. The molecule has 1 N–H and O–H groups in total. The molecule has 1 fully saturated rings. The zero-order valence-electron chi connectivity index (χ0n) is 10.7. The number of hydrogen-bond acceptors (Lipinski definition) is 4. The van der Waals surface area contributed by atoms with E-state index in [1.54, 1.807) is 7.11 Å². The Balaban J connectivity index is 1.85. The highest BCUT2D eigenvalue weighted by atomic mass is 79.9. The van der Waals surface area contributed by atoms with Crippen molar-refractivity contribution in [2.75, 3.05) is 30.9 Å². The molecule has 0 bridgehead atoms. The molecule has 0 radical (unpaired) electrons. The lowest BCUT2D eigenvalue weighted by molar-refractivity contribution is 0.409. The van der Waals surface area contributed by atoms with Crippen molar-refractivity contribution in [1.82, 2.24) is 5.32 Å². The van der Waals surface area contributed by atoms with Gasteiger partial charge in [-0.3, -0.25) is 0 Å². The van der Waals surface area contributed by atoms with Crippen LogP contribution in [0.3, 0.4) is 0 Å². The summed E-state index contributed by atoms with van der Waals surface area (Å²) in [6, 6.07) is 4.22. The summed E-state index contributed by atoms with van der Waals surface area (Å²) in [7, 11) is 1.68. The third-order valence-corrected chi connectivity index (χ3v) is 6.87. The first-order valence-corrected chi connectivity index (χ1v) is 9.91. The molecule has 0 saturated carbocycles. The maximum Gasteiger partial charge on any atom is 0.147 e. The van der Waals surface area contributed by atoms with Crippen LogP contribution in [0.1, 0.15) is 5.56 Å². The molecular formula is C13H17Br2NOS2. The third kappa shape index (κ3) is 4.84. The van der Waals surface area contributed by atoms with E-state index in [0.29, 0.717) is 0 Å². The molecule has 1 saturated heterocycles. The van der Waals surface area contributed by atoms with E-state index in [4.69, 9.17) is 4.74 Å². The fourth-order valence-electron chi connectivity index (χ4n) is 1.94. The second kappa shape index (κ2) is 8.17. The summed E-state index contributed by atoms with van der Waals surface area (Å²) in [5.74, 6) is 4.71. The number of benzene rings is 1. The van der Waals surface area contributed by atoms with Crippen molar-refractivity contribution in [3.8, 4) is 5.75 Å². The Morgan fingerprint density at radius 3 is 2.63 bits per heavy atom. The summed E-state index contributed by atoms with van der Waals surface area (Å²) in [5.41, 5.74) is 1.26. The van der Waals surface area contributed by atoms with E-state index in [0.717, 1.165) is 33.0 Å². The van der Waals surface area contributed by atoms with Gasteiger partial charge < -0.3 is 10.1 Å². The van der Waals surface area contributed by atoms with E-state index in [9.17, 15) is 0 Å². The van der Waals surface area contributed by atoms with Crippen LogP contribution in [-0.2, 0) is 6.54 Å². The summed E-state index contributed by atoms with van der Waals surface area (Å²) in [6.07, 6.45) is 0. The van der Waals surface area contributed by atoms with Crippen LogP contribution in [-0.4, -0.2) is 36.2 Å². The average molecular weight is 427 g/mol. The van der Waals surface area contributed by atoms with Gasteiger partial charge in [0.25, 0.3) is 0 Å². The summed E-state index contributed by atoms with van der Waals surface area (Å²) in [5, 5.41) is 4.30. The van der Waals surface area contributed by atoms with Gasteiger partial charge in [0.05, 0.1) is 16.1 Å². The van der Waals surface area contributed by atoms with E-state index in [1.807, 2.05) is 0 Å². The van der Waals surface area contributed by atoms with Crippen LogP contribution in [0.4, 0.5) is 0 Å². The summed E-state index contributed by atoms with van der Waals surface area (Å²) < 4.78 is 7.29. The lowest BCUT2D eigenvalue weighted by atomic mass is 10.2. The van der Waals surface area contributed by atoms with E-state index >= 15 is 0 Å². The topological polar surface area (TPSA) is 21.3 Å². The van der Waals surface area contributed by atoms with Crippen LogP contribution in [0.5, 0.6) is 5.75 Å². The van der Waals surface area contributed by atoms with E-state index in [1.165, 1.54) is 22.8 Å². The normalized spacial score (nSPS) is 19.4. The molecule has 1 aliphatic heterocycles. The Bertz CT molecular complexity index is 402. The van der Waals surface area contributed by atoms with Gasteiger partial charge in [0.1, 0.15) is 5.75 Å². The first-order valence-electron chi connectivity index (χ1n) is 6.12. The maximum absolute atomic E-state index is 5.31. The summed E-state index contributed by atoms with van der Waals surface area (Å²) >= 11 is 11.2. The number of hydrogen-bond donors (Lipinski definition) is 1. The van der Waals surface area contributed by atoms with Crippen molar-refractivity contribution in [2.24, 2.45) is 0 Å². The van der Waals surface area contributed by atoms with Gasteiger partial charge >= 0.3 is 0 Å². The number of thioether (sulfide) groups is 2. The zero-order valence-corrected chi connectivity index (χ0v) is 15.6. The van der Waals surface area contributed by atoms with E-state index in [-0.39, 0.29) is 0 Å². The molecule has 1 aromatic rings. The molecular weight excluding hydrogens is 410 g/mol. The van der Waals surface area contributed by atoms with Crippen LogP contribution >= 0.6 is 55.4 Å². The predicted octanol–water partition coefficient (Wildman–Crippen LogP) is 4.16. The van der Waals surface area contributed by atoms with Gasteiger partial charge in [-0.1, -0.05) is 0 Å². The standard InChI is InChI=1S/C13H17Br2NOS2/c1-17-13-11(14)4-9(5-12(13)15)6-16-7-10-8-18-2-3-19-10/h4-5,10,16H,2-3,6-8H2,1H3. The SMILES string of the molecule is COc1c(Br)cc(CNCC2CSCCS2)cc1Br. The van der Waals surface area contributed by atoms with Crippen molar-refractivity contribution < 1.29 is 4.74 Å². The highest BCUT2D eigenvalue weighted by Gasteiger charge is 2.14. The molecule has 0 aliphatic carbocycles. The monoisotopic (exact) mass is 425 g/mol. The largest absolute Gasteiger partial charge is 0.494 e. The first-order chi connectivity index (χ1) is 9.20. The summed E-state index contributed by atoms with van der Waals surface area (Å²) in [6.45, 7) is 1.97. The molecule has 1 atom stereocenters. The predicted molar refractivity (Wildman–Crippen MR) is 93.7 cm³/mol. The molecule has 0 spiro atoms. The molecule has 2 nitrogen and oxygen atoms in total. The Morgan fingerprint density at radius 1 is 1.32 bits per heavy atom. The molecule has 1 aliphatic rings. The molecule has 1 unspecified atom stereocenters. The van der Waals surface area contributed by atoms with Crippen LogP contribution in [0.15, 0.2) is 21.1 Å². The van der Waals surface area contributed by atoms with Crippen molar-refractivity contribution >= 4 is 55.4 Å². The maximum atomic E-state index is 5.31. The van der Waals surface area contributed by atoms with Crippen molar-refractivity contribution in [3.05, 3.63) is 26.6 Å². The van der Waals surface area contributed by atoms with E-state index < -0.39 is 0 Å². The van der Waals surface area contributed by atoms with Gasteiger partial charge in [-0.25, -0.2) is 0 Å². The smallest absolute Gasteiger partial charge is 0.147 e. The third-order valence-electron chi connectivity index (χ3n) is 2.85. The zero-order chi connectivity index (χ0) is 13.7. The lowest BCUT2D eigenvalue weighted by Crippen LogP contribution is -2.28. The number of halogens is 2. The second-order valence-corrected chi connectivity index (χ2v) is 8.56. The van der Waals surface area contributed by atoms with Gasteiger partial charge in [0.15, 0.2) is 0 Å². The second-order valence-electron chi connectivity index (χ2n) is 4.29. The highest BCUT2D eigenvalue weighted by molar-refractivity contribution is 9.11. The van der Waals surface area contributed by atoms with Gasteiger partial charge in [0.2, 0.25) is 0 Å². The molecule has 0 aromatic heterocycles. The summed E-state index contributed by atoms with van der Waals surface area (Å²) in [4.78, 5) is 0. The molecule has 19 heavy (non-hydrogen) atoms. The minimum Gasteiger partial charge on any atom is -0.494 e. The number of methoxy groups -OCH3 is 1. The minimum absolute atomic E-state index is 0.754. The molecule has 1 heterocycles. The van der Waals surface area contributed by atoms with Gasteiger partial charge in [-0.15, -0.1) is 0 Å². The van der Waals surface area contributed by atoms with Crippen molar-refractivity contribution in [1.29, 1.82) is 0 Å². The van der Waals surface area contributed by atoms with Gasteiger partial charge in [-0.2, -0.15) is 23.5 Å². The van der Waals surface area contributed by atoms with Crippen molar-refractivity contribution in [3.63, 3.8) is 0 Å².